The molecule has 4 rings (SSSR count). The standard InChI is InChI=1S/C20H25N5O2S/c1-23-13-18(14-4-3-5-15(21)10-14)19-17(20(23)26)11-16(28-19)12-24-6-8-25(9-7-24)22-27-2/h3-5,10-11,13,22H,6-9,12,21H2,1-2H3. The van der Waals surface area contributed by atoms with Crippen LogP contribution in [0.15, 0.2) is 41.3 Å². The van der Waals surface area contributed by atoms with Gasteiger partial charge >= 0.3 is 0 Å². The van der Waals surface area contributed by atoms with Gasteiger partial charge < -0.3 is 10.3 Å². The number of hydrazine groups is 1. The number of nitrogens with zero attached hydrogens (tertiary/aromatic N) is 3. The molecular formula is C20H25N5O2S. The number of nitrogens with one attached hydrogen (secondary N) is 1. The number of aromatic nitrogens is 1. The summed E-state index contributed by atoms with van der Waals surface area (Å²) in [4.78, 5) is 21.3. The van der Waals surface area contributed by atoms with E-state index in [0.29, 0.717) is 0 Å². The fraction of sp³-hybridized carbons (Fsp3) is 0.350. The van der Waals surface area contributed by atoms with Crippen LogP contribution in [0.4, 0.5) is 5.69 Å². The Hall–Kier alpha value is -2.23. The summed E-state index contributed by atoms with van der Waals surface area (Å²) in [5.41, 5.74) is 11.7. The number of hydrogen-bond acceptors (Lipinski definition) is 7. The minimum atomic E-state index is 0.0410. The quantitative estimate of drug-likeness (QED) is 0.505. The zero-order valence-corrected chi connectivity index (χ0v) is 17.0. The maximum Gasteiger partial charge on any atom is 0.259 e. The minimum Gasteiger partial charge on any atom is -0.399 e. The van der Waals surface area contributed by atoms with Crippen molar-refractivity contribution in [2.45, 2.75) is 6.54 Å². The van der Waals surface area contributed by atoms with Gasteiger partial charge in [-0.2, -0.15) is 0 Å². The molecule has 0 aliphatic carbocycles. The van der Waals surface area contributed by atoms with Crippen LogP contribution in [0, 0.1) is 0 Å². The molecule has 0 bridgehead atoms. The molecule has 1 aliphatic heterocycles. The zero-order valence-electron chi connectivity index (χ0n) is 16.1. The van der Waals surface area contributed by atoms with Gasteiger partial charge in [0.1, 0.15) is 0 Å². The number of fused-ring (bicyclic) bond motifs is 1. The molecule has 2 aromatic heterocycles. The average Bonchev–Trinajstić information content (AvgIpc) is 3.10. The lowest BCUT2D eigenvalue weighted by atomic mass is 10.1. The van der Waals surface area contributed by atoms with Gasteiger partial charge in [0.15, 0.2) is 0 Å². The molecule has 0 amide bonds. The first-order valence-corrected chi connectivity index (χ1v) is 10.1. The molecule has 3 heterocycles. The number of thiophene rings is 1. The molecule has 7 nitrogen and oxygen atoms in total. The van der Waals surface area contributed by atoms with Gasteiger partial charge in [-0.1, -0.05) is 12.1 Å². The van der Waals surface area contributed by atoms with Crippen LogP contribution in [0.2, 0.25) is 0 Å². The Balaban J connectivity index is 1.64. The Labute approximate surface area is 167 Å². The number of hydrogen-bond donors (Lipinski definition) is 2. The van der Waals surface area contributed by atoms with E-state index < -0.39 is 0 Å². The molecule has 1 aliphatic rings. The molecule has 0 radical (unpaired) electrons. The SMILES string of the molecule is CONN1CCN(Cc2cc3c(=O)n(C)cc(-c4cccc(N)c4)c3s2)CC1. The Morgan fingerprint density at radius 1 is 1.21 bits per heavy atom. The fourth-order valence-electron chi connectivity index (χ4n) is 3.64. The second kappa shape index (κ2) is 8.02. The van der Waals surface area contributed by atoms with Gasteiger partial charge in [0.25, 0.3) is 5.56 Å². The maximum atomic E-state index is 12.7. The van der Waals surface area contributed by atoms with E-state index in [0.717, 1.165) is 59.6 Å². The summed E-state index contributed by atoms with van der Waals surface area (Å²) in [6.07, 6.45) is 1.91. The highest BCUT2D eigenvalue weighted by atomic mass is 32.1. The smallest absolute Gasteiger partial charge is 0.259 e. The molecule has 8 heteroatoms. The third-order valence-electron chi connectivity index (χ3n) is 5.07. The number of rotatable bonds is 5. The minimum absolute atomic E-state index is 0.0410. The van der Waals surface area contributed by atoms with E-state index in [1.54, 1.807) is 30.1 Å². The van der Waals surface area contributed by atoms with Crippen LogP contribution < -0.4 is 16.9 Å². The van der Waals surface area contributed by atoms with Gasteiger partial charge in [0.2, 0.25) is 0 Å². The summed E-state index contributed by atoms with van der Waals surface area (Å²) in [6.45, 7) is 4.54. The summed E-state index contributed by atoms with van der Waals surface area (Å²) in [5.74, 6) is 0. The number of piperazine rings is 1. The molecule has 148 valence electrons. The highest BCUT2D eigenvalue weighted by molar-refractivity contribution is 7.19. The Morgan fingerprint density at radius 3 is 2.71 bits per heavy atom. The third-order valence-corrected chi connectivity index (χ3v) is 6.22. The lowest BCUT2D eigenvalue weighted by Gasteiger charge is -2.33. The molecule has 1 saturated heterocycles. The first-order valence-electron chi connectivity index (χ1n) is 9.29. The molecule has 1 fully saturated rings. The zero-order chi connectivity index (χ0) is 19.7. The number of benzene rings is 1. The molecule has 0 unspecified atom stereocenters. The van der Waals surface area contributed by atoms with Crippen LogP contribution in [-0.4, -0.2) is 47.8 Å². The van der Waals surface area contributed by atoms with Crippen molar-refractivity contribution in [1.82, 2.24) is 20.1 Å². The van der Waals surface area contributed by atoms with E-state index in [1.165, 1.54) is 4.88 Å². The Kier molecular flexibility index (Phi) is 5.47. The fourth-order valence-corrected chi connectivity index (χ4v) is 4.86. The second-order valence-corrected chi connectivity index (χ2v) is 8.24. The van der Waals surface area contributed by atoms with Gasteiger partial charge in [0, 0.05) is 66.8 Å². The third kappa shape index (κ3) is 3.82. The lowest BCUT2D eigenvalue weighted by Crippen LogP contribution is -2.51. The molecule has 0 saturated carbocycles. The molecule has 3 N–H and O–H groups in total. The van der Waals surface area contributed by atoms with Gasteiger partial charge in [-0.3, -0.25) is 14.5 Å². The number of anilines is 1. The van der Waals surface area contributed by atoms with Gasteiger partial charge in [-0.15, -0.1) is 16.9 Å². The molecular weight excluding hydrogens is 374 g/mol. The van der Waals surface area contributed by atoms with Crippen molar-refractivity contribution in [3.63, 3.8) is 0 Å². The number of pyridine rings is 1. The van der Waals surface area contributed by atoms with Crippen LogP contribution in [0.5, 0.6) is 0 Å². The monoisotopic (exact) mass is 399 g/mol. The Morgan fingerprint density at radius 2 is 2.00 bits per heavy atom. The number of nitrogens with two attached hydrogens (primary N) is 1. The number of aryl methyl sites for hydroxylation is 1. The molecule has 1 aromatic carbocycles. The van der Waals surface area contributed by atoms with E-state index in [1.807, 2.05) is 30.5 Å². The highest BCUT2D eigenvalue weighted by Crippen LogP contribution is 2.34. The van der Waals surface area contributed by atoms with Crippen LogP contribution in [0.3, 0.4) is 0 Å². The van der Waals surface area contributed by atoms with Crippen molar-refractivity contribution >= 4 is 27.1 Å². The van der Waals surface area contributed by atoms with Crippen molar-refractivity contribution in [3.05, 3.63) is 51.8 Å². The maximum absolute atomic E-state index is 12.7. The predicted molar refractivity (Wildman–Crippen MR) is 114 cm³/mol. The van der Waals surface area contributed by atoms with Crippen LogP contribution >= 0.6 is 11.3 Å². The normalized spacial score (nSPS) is 16.1. The van der Waals surface area contributed by atoms with Crippen LogP contribution in [0.25, 0.3) is 21.2 Å². The van der Waals surface area contributed by atoms with Crippen molar-refractivity contribution < 1.29 is 4.84 Å². The van der Waals surface area contributed by atoms with E-state index in [-0.39, 0.29) is 5.56 Å². The second-order valence-electron chi connectivity index (χ2n) is 7.10. The molecule has 0 atom stereocenters. The Bertz CT molecular complexity index is 1040. The van der Waals surface area contributed by atoms with E-state index in [9.17, 15) is 4.79 Å². The molecule has 3 aromatic rings. The predicted octanol–water partition coefficient (Wildman–Crippen LogP) is 2.03. The summed E-state index contributed by atoms with van der Waals surface area (Å²) in [5, 5.41) is 2.84. The van der Waals surface area contributed by atoms with Crippen molar-refractivity contribution in [2.24, 2.45) is 7.05 Å². The van der Waals surface area contributed by atoms with E-state index in [2.05, 4.69) is 21.6 Å². The van der Waals surface area contributed by atoms with Crippen molar-refractivity contribution in [1.29, 1.82) is 0 Å². The van der Waals surface area contributed by atoms with Crippen molar-refractivity contribution in [3.8, 4) is 11.1 Å². The molecule has 0 spiro atoms. The summed E-state index contributed by atoms with van der Waals surface area (Å²) in [6, 6.07) is 9.87. The summed E-state index contributed by atoms with van der Waals surface area (Å²) < 4.78 is 2.69. The topological polar surface area (TPSA) is 75.8 Å². The van der Waals surface area contributed by atoms with Crippen molar-refractivity contribution in [2.75, 3.05) is 39.0 Å². The summed E-state index contributed by atoms with van der Waals surface area (Å²) in [7, 11) is 3.43. The first-order chi connectivity index (χ1) is 13.5. The average molecular weight is 400 g/mol. The first kappa shape index (κ1) is 19.1. The summed E-state index contributed by atoms with van der Waals surface area (Å²) >= 11 is 1.70. The van der Waals surface area contributed by atoms with E-state index >= 15 is 0 Å². The largest absolute Gasteiger partial charge is 0.399 e. The van der Waals surface area contributed by atoms with Gasteiger partial charge in [0.05, 0.1) is 12.5 Å². The van der Waals surface area contributed by atoms with E-state index in [4.69, 9.17) is 10.6 Å². The highest BCUT2D eigenvalue weighted by Gasteiger charge is 2.19. The van der Waals surface area contributed by atoms with Gasteiger partial charge in [-0.05, 0) is 23.8 Å². The van der Waals surface area contributed by atoms with Crippen LogP contribution in [0.1, 0.15) is 4.88 Å². The van der Waals surface area contributed by atoms with Gasteiger partial charge in [-0.25, -0.2) is 5.01 Å². The number of nitrogen functional groups attached to an aromatic ring is 1. The molecule has 28 heavy (non-hydrogen) atoms. The lowest BCUT2D eigenvalue weighted by molar-refractivity contribution is -0.0762. The van der Waals surface area contributed by atoms with Crippen LogP contribution in [-0.2, 0) is 18.4 Å².